The van der Waals surface area contributed by atoms with Gasteiger partial charge in [0.15, 0.2) is 6.61 Å². The first kappa shape index (κ1) is 19.4. The van der Waals surface area contributed by atoms with Crippen LogP contribution in [0.25, 0.3) is 0 Å². The number of hydrogen-bond donors (Lipinski definition) is 2. The highest BCUT2D eigenvalue weighted by Crippen LogP contribution is 2.24. The summed E-state index contributed by atoms with van der Waals surface area (Å²) < 4.78 is 33.0. The fourth-order valence-corrected chi connectivity index (χ4v) is 3.48. The second-order valence-electron chi connectivity index (χ2n) is 5.97. The summed E-state index contributed by atoms with van der Waals surface area (Å²) in [6, 6.07) is 16.3. The van der Waals surface area contributed by atoms with E-state index in [9.17, 15) is 13.2 Å². The van der Waals surface area contributed by atoms with Gasteiger partial charge in [-0.25, -0.2) is 8.42 Å². The van der Waals surface area contributed by atoms with E-state index in [-0.39, 0.29) is 17.4 Å². The van der Waals surface area contributed by atoms with Gasteiger partial charge in [0.2, 0.25) is 0 Å². The lowest BCUT2D eigenvalue weighted by Crippen LogP contribution is -2.20. The third kappa shape index (κ3) is 5.08. The predicted molar refractivity (Wildman–Crippen MR) is 107 cm³/mol. The summed E-state index contributed by atoms with van der Waals surface area (Å²) in [5.74, 6) is 0.0824. The lowest BCUT2D eigenvalue weighted by molar-refractivity contribution is -0.118. The molecule has 144 valence electrons. The fraction of sp³-hybridized carbons (Fsp3) is 0.100. The number of hydrogen-bond acceptors (Lipinski definition) is 5. The standard InChI is InChI=1S/C20H19N3O4S/c1-15-7-8-17(23-28(25,26)18-5-3-2-4-6-18)13-19(15)27-14-20(24)22-16-9-11-21-12-10-16/h2-13,23H,14H2,1H3,(H,21,22,24). The van der Waals surface area contributed by atoms with Crippen LogP contribution in [-0.2, 0) is 14.8 Å². The summed E-state index contributed by atoms with van der Waals surface area (Å²) in [4.78, 5) is 16.1. The quantitative estimate of drug-likeness (QED) is 0.638. The van der Waals surface area contributed by atoms with Crippen LogP contribution in [0.1, 0.15) is 5.56 Å². The highest BCUT2D eigenvalue weighted by molar-refractivity contribution is 7.92. The maximum Gasteiger partial charge on any atom is 0.262 e. The molecule has 0 fully saturated rings. The minimum Gasteiger partial charge on any atom is -0.483 e. The predicted octanol–water partition coefficient (Wildman–Crippen LogP) is 3.21. The number of sulfonamides is 1. The van der Waals surface area contributed by atoms with Gasteiger partial charge >= 0.3 is 0 Å². The number of aryl methyl sites for hydroxylation is 1. The molecule has 3 aromatic rings. The maximum atomic E-state index is 12.4. The van der Waals surface area contributed by atoms with E-state index in [1.807, 2.05) is 6.92 Å². The molecule has 0 radical (unpaired) electrons. The van der Waals surface area contributed by atoms with Crippen LogP contribution in [0.2, 0.25) is 0 Å². The Morgan fingerprint density at radius 1 is 1.00 bits per heavy atom. The SMILES string of the molecule is Cc1ccc(NS(=O)(=O)c2ccccc2)cc1OCC(=O)Nc1ccncc1. The normalized spacial score (nSPS) is 10.9. The van der Waals surface area contributed by atoms with E-state index in [2.05, 4.69) is 15.0 Å². The number of ether oxygens (including phenoxy) is 1. The van der Waals surface area contributed by atoms with Crippen LogP contribution in [-0.4, -0.2) is 25.9 Å². The third-order valence-corrected chi connectivity index (χ3v) is 5.21. The molecule has 28 heavy (non-hydrogen) atoms. The number of nitrogens with one attached hydrogen (secondary N) is 2. The summed E-state index contributed by atoms with van der Waals surface area (Å²) in [6.45, 7) is 1.60. The van der Waals surface area contributed by atoms with Gasteiger partial charge in [0.1, 0.15) is 5.75 Å². The van der Waals surface area contributed by atoms with Crippen LogP contribution in [0.4, 0.5) is 11.4 Å². The summed E-state index contributed by atoms with van der Waals surface area (Å²) in [7, 11) is -3.71. The van der Waals surface area contributed by atoms with Crippen molar-refractivity contribution in [3.63, 3.8) is 0 Å². The largest absolute Gasteiger partial charge is 0.483 e. The van der Waals surface area contributed by atoms with Crippen LogP contribution in [0.3, 0.4) is 0 Å². The lowest BCUT2D eigenvalue weighted by atomic mass is 10.2. The zero-order chi connectivity index (χ0) is 20.0. The molecule has 1 amide bonds. The number of carbonyl (C=O) groups excluding carboxylic acids is 1. The molecule has 3 rings (SSSR count). The van der Waals surface area contributed by atoms with Gasteiger partial charge in [-0.1, -0.05) is 24.3 Å². The number of benzene rings is 2. The Kier molecular flexibility index (Phi) is 5.90. The van der Waals surface area contributed by atoms with Gasteiger partial charge in [-0.15, -0.1) is 0 Å². The highest BCUT2D eigenvalue weighted by Gasteiger charge is 2.14. The van der Waals surface area contributed by atoms with Crippen molar-refractivity contribution in [1.29, 1.82) is 0 Å². The van der Waals surface area contributed by atoms with Crippen molar-refractivity contribution in [3.05, 3.63) is 78.6 Å². The molecule has 0 saturated heterocycles. The van der Waals surface area contributed by atoms with Crippen molar-refractivity contribution in [2.24, 2.45) is 0 Å². The smallest absolute Gasteiger partial charge is 0.262 e. The second kappa shape index (κ2) is 8.53. The fourth-order valence-electron chi connectivity index (χ4n) is 2.41. The third-order valence-electron chi connectivity index (χ3n) is 3.82. The van der Waals surface area contributed by atoms with E-state index in [4.69, 9.17) is 4.74 Å². The molecule has 0 bridgehead atoms. The van der Waals surface area contributed by atoms with Gasteiger partial charge < -0.3 is 10.1 Å². The zero-order valence-corrected chi connectivity index (χ0v) is 15.9. The molecule has 2 N–H and O–H groups in total. The summed E-state index contributed by atoms with van der Waals surface area (Å²) in [5, 5.41) is 2.69. The Morgan fingerprint density at radius 3 is 2.43 bits per heavy atom. The van der Waals surface area contributed by atoms with Gasteiger partial charge in [0.05, 0.1) is 10.6 Å². The number of anilines is 2. The molecule has 0 spiro atoms. The summed E-state index contributed by atoms with van der Waals surface area (Å²) >= 11 is 0. The molecule has 0 unspecified atom stereocenters. The van der Waals surface area contributed by atoms with Crippen molar-refractivity contribution in [2.45, 2.75) is 11.8 Å². The Labute approximate surface area is 163 Å². The lowest BCUT2D eigenvalue weighted by Gasteiger charge is -2.13. The number of pyridine rings is 1. The molecule has 0 atom stereocenters. The van der Waals surface area contributed by atoms with E-state index < -0.39 is 10.0 Å². The monoisotopic (exact) mass is 397 g/mol. The van der Waals surface area contributed by atoms with Gasteiger partial charge in [0, 0.05) is 24.1 Å². The van der Waals surface area contributed by atoms with Gasteiger partial charge in [-0.3, -0.25) is 14.5 Å². The molecule has 0 aliphatic carbocycles. The minimum atomic E-state index is -3.71. The molecule has 8 heteroatoms. The van der Waals surface area contributed by atoms with Crippen LogP contribution >= 0.6 is 0 Å². The molecule has 2 aromatic carbocycles. The Balaban J connectivity index is 1.67. The van der Waals surface area contributed by atoms with E-state index in [0.29, 0.717) is 17.1 Å². The van der Waals surface area contributed by atoms with Crippen molar-refractivity contribution < 1.29 is 17.9 Å². The van der Waals surface area contributed by atoms with E-state index in [0.717, 1.165) is 5.56 Å². The molecule has 7 nitrogen and oxygen atoms in total. The second-order valence-corrected chi connectivity index (χ2v) is 7.65. The van der Waals surface area contributed by atoms with Crippen LogP contribution in [0.5, 0.6) is 5.75 Å². The van der Waals surface area contributed by atoms with Crippen LogP contribution < -0.4 is 14.8 Å². The van der Waals surface area contributed by atoms with Gasteiger partial charge in [-0.2, -0.15) is 0 Å². The first-order valence-corrected chi connectivity index (χ1v) is 9.93. The maximum absolute atomic E-state index is 12.4. The topological polar surface area (TPSA) is 97.4 Å². The summed E-state index contributed by atoms with van der Waals surface area (Å²) in [6.07, 6.45) is 3.14. The molecule has 0 saturated carbocycles. The number of carbonyl (C=O) groups is 1. The van der Waals surface area contributed by atoms with E-state index >= 15 is 0 Å². The molecule has 0 aliphatic rings. The number of nitrogens with zero attached hydrogens (tertiary/aromatic N) is 1. The minimum absolute atomic E-state index is 0.162. The number of amides is 1. The van der Waals surface area contributed by atoms with Crippen LogP contribution in [0, 0.1) is 6.92 Å². The Morgan fingerprint density at radius 2 is 1.71 bits per heavy atom. The first-order valence-electron chi connectivity index (χ1n) is 8.45. The average molecular weight is 397 g/mol. The molecule has 1 heterocycles. The zero-order valence-electron chi connectivity index (χ0n) is 15.1. The van der Waals surface area contributed by atoms with Crippen LogP contribution in [0.15, 0.2) is 78.0 Å². The van der Waals surface area contributed by atoms with Gasteiger partial charge in [-0.05, 0) is 42.8 Å². The van der Waals surface area contributed by atoms with Crippen molar-refractivity contribution >= 4 is 27.3 Å². The Bertz CT molecular complexity index is 1060. The van der Waals surface area contributed by atoms with Gasteiger partial charge in [0.25, 0.3) is 15.9 Å². The molecule has 1 aromatic heterocycles. The van der Waals surface area contributed by atoms with E-state index in [1.54, 1.807) is 60.9 Å². The first-order chi connectivity index (χ1) is 13.4. The van der Waals surface area contributed by atoms with Crippen molar-refractivity contribution in [1.82, 2.24) is 4.98 Å². The van der Waals surface area contributed by atoms with E-state index in [1.165, 1.54) is 12.1 Å². The highest BCUT2D eigenvalue weighted by atomic mass is 32.2. The van der Waals surface area contributed by atoms with Crippen molar-refractivity contribution in [2.75, 3.05) is 16.6 Å². The number of rotatable bonds is 7. The summed E-state index contributed by atoms with van der Waals surface area (Å²) in [5.41, 5.74) is 1.74. The molecule has 0 aliphatic heterocycles. The average Bonchev–Trinajstić information content (AvgIpc) is 2.69. The molecular weight excluding hydrogens is 378 g/mol. The molecular formula is C20H19N3O4S. The number of aromatic nitrogens is 1. The van der Waals surface area contributed by atoms with Crippen molar-refractivity contribution in [3.8, 4) is 5.75 Å². The Hall–Kier alpha value is -3.39.